The maximum absolute atomic E-state index is 13.7. The summed E-state index contributed by atoms with van der Waals surface area (Å²) in [6.45, 7) is 1.47. The number of benzene rings is 3. The third kappa shape index (κ3) is 2.54. The lowest BCUT2D eigenvalue weighted by Gasteiger charge is -2.54. The molecule has 3 aromatic rings. The number of nitrogens with one attached hydrogen (secondary N) is 1. The topological polar surface area (TPSA) is 66.5 Å². The van der Waals surface area contributed by atoms with Crippen LogP contribution in [0.3, 0.4) is 0 Å². The van der Waals surface area contributed by atoms with E-state index in [4.69, 9.17) is 23.2 Å². The van der Waals surface area contributed by atoms with Gasteiger partial charge in [-0.25, -0.2) is 0 Å². The number of nitrogens with zero attached hydrogens (tertiary/aromatic N) is 1. The molecule has 5 nitrogen and oxygen atoms in total. The maximum atomic E-state index is 13.7. The fraction of sp³-hybridized carbons (Fsp3) is 0.222. The van der Waals surface area contributed by atoms with Crippen LogP contribution in [0.4, 0.5) is 5.69 Å². The predicted molar refractivity (Wildman–Crippen MR) is 130 cm³/mol. The number of imide groups is 1. The summed E-state index contributed by atoms with van der Waals surface area (Å²) in [6.07, 6.45) is 0. The van der Waals surface area contributed by atoms with Gasteiger partial charge in [0.1, 0.15) is 16.3 Å². The highest BCUT2D eigenvalue weighted by Gasteiger charge is 2.73. The minimum absolute atomic E-state index is 0.397. The van der Waals surface area contributed by atoms with Gasteiger partial charge in [-0.15, -0.1) is 23.2 Å². The lowest BCUT2D eigenvalue weighted by molar-refractivity contribution is -0.142. The standard InChI is InChI=1S/C27H20Cl2N2O3/c1-15-8-2-7-13-20(15)30-21(32)14-31-24(33)22-23(25(31)34)27(29)17-10-4-3-9-16(17)26(22,28)18-11-5-6-12-19(18)27/h2-13,22-23H,14H2,1H3,(H,30,32)/t22-,23+,26?,27?. The molecule has 1 fully saturated rings. The number of hydrogen-bond donors (Lipinski definition) is 1. The first-order valence-corrected chi connectivity index (χ1v) is 11.8. The SMILES string of the molecule is Cc1ccccc1NC(=O)CN1C(=O)[C@@H]2[C@H](C1=O)C1(Cl)c3ccccc3C2(Cl)c2ccccc21. The van der Waals surface area contributed by atoms with Gasteiger partial charge in [-0.05, 0) is 40.8 Å². The van der Waals surface area contributed by atoms with Crippen LogP contribution in [0.2, 0.25) is 0 Å². The number of anilines is 1. The largest absolute Gasteiger partial charge is 0.324 e. The molecule has 3 aromatic carbocycles. The molecule has 0 saturated carbocycles. The number of aryl methyl sites for hydroxylation is 1. The summed E-state index contributed by atoms with van der Waals surface area (Å²) in [5, 5.41) is 2.80. The van der Waals surface area contributed by atoms with Gasteiger partial charge in [0.15, 0.2) is 0 Å². The fourth-order valence-corrected chi connectivity index (χ4v) is 7.02. The number of hydrogen-bond acceptors (Lipinski definition) is 3. The number of rotatable bonds is 3. The number of amides is 3. The normalized spacial score (nSPS) is 28.4. The highest BCUT2D eigenvalue weighted by Crippen LogP contribution is 2.69. The van der Waals surface area contributed by atoms with Gasteiger partial charge < -0.3 is 5.32 Å². The van der Waals surface area contributed by atoms with E-state index in [2.05, 4.69) is 5.32 Å². The smallest absolute Gasteiger partial charge is 0.244 e. The minimum atomic E-state index is -1.25. The van der Waals surface area contributed by atoms with Crippen LogP contribution in [0.5, 0.6) is 0 Å². The zero-order valence-electron chi connectivity index (χ0n) is 18.2. The first kappa shape index (κ1) is 21.4. The number of carbonyl (C=O) groups excluding carboxylic acids is 3. The molecule has 2 bridgehead atoms. The zero-order chi connectivity index (χ0) is 23.8. The van der Waals surface area contributed by atoms with E-state index in [9.17, 15) is 14.4 Å². The van der Waals surface area contributed by atoms with Crippen molar-refractivity contribution in [2.45, 2.75) is 16.7 Å². The van der Waals surface area contributed by atoms with Crippen LogP contribution in [0.25, 0.3) is 0 Å². The molecular formula is C27H20Cl2N2O3. The first-order valence-electron chi connectivity index (χ1n) is 11.1. The Kier molecular flexibility index (Phi) is 4.51. The Morgan fingerprint density at radius 3 is 1.65 bits per heavy atom. The highest BCUT2D eigenvalue weighted by atomic mass is 35.5. The van der Waals surface area contributed by atoms with Crippen molar-refractivity contribution in [3.63, 3.8) is 0 Å². The van der Waals surface area contributed by atoms with E-state index in [1.165, 1.54) is 0 Å². The van der Waals surface area contributed by atoms with Crippen molar-refractivity contribution in [2.75, 3.05) is 11.9 Å². The summed E-state index contributed by atoms with van der Waals surface area (Å²) in [5.41, 5.74) is 4.45. The number of likely N-dealkylation sites (tertiary alicyclic amines) is 1. The molecule has 170 valence electrons. The van der Waals surface area contributed by atoms with Crippen molar-refractivity contribution in [3.05, 3.63) is 101 Å². The van der Waals surface area contributed by atoms with Crippen molar-refractivity contribution in [1.29, 1.82) is 0 Å². The summed E-state index contributed by atoms with van der Waals surface area (Å²) in [4.78, 5) is 38.9. The number of para-hydroxylation sites is 1. The van der Waals surface area contributed by atoms with Crippen LogP contribution in [-0.4, -0.2) is 29.2 Å². The van der Waals surface area contributed by atoms with E-state index in [0.29, 0.717) is 5.69 Å². The van der Waals surface area contributed by atoms with E-state index in [-0.39, 0.29) is 0 Å². The molecule has 7 rings (SSSR count). The third-order valence-electron chi connectivity index (χ3n) is 7.40. The second-order valence-electron chi connectivity index (χ2n) is 9.10. The molecule has 0 radical (unpaired) electrons. The molecule has 0 unspecified atom stereocenters. The Balaban J connectivity index is 1.43. The van der Waals surface area contributed by atoms with Gasteiger partial charge in [0.25, 0.3) is 0 Å². The molecule has 3 aliphatic carbocycles. The van der Waals surface area contributed by atoms with Gasteiger partial charge in [0.05, 0.1) is 11.8 Å². The quantitative estimate of drug-likeness (QED) is 0.433. The molecule has 1 aliphatic heterocycles. The van der Waals surface area contributed by atoms with Crippen molar-refractivity contribution < 1.29 is 14.4 Å². The molecule has 0 aromatic heterocycles. The van der Waals surface area contributed by atoms with Gasteiger partial charge >= 0.3 is 0 Å². The number of carbonyl (C=O) groups is 3. The van der Waals surface area contributed by atoms with E-state index in [1.54, 1.807) is 6.07 Å². The first-order chi connectivity index (χ1) is 16.3. The second-order valence-corrected chi connectivity index (χ2v) is 10.3. The van der Waals surface area contributed by atoms with Gasteiger partial charge in [-0.3, -0.25) is 19.3 Å². The monoisotopic (exact) mass is 490 g/mol. The molecule has 34 heavy (non-hydrogen) atoms. The third-order valence-corrected chi connectivity index (χ3v) is 8.68. The van der Waals surface area contributed by atoms with E-state index in [1.807, 2.05) is 73.7 Å². The molecule has 1 N–H and O–H groups in total. The molecule has 0 spiro atoms. The lowest BCUT2D eigenvalue weighted by Crippen LogP contribution is -2.57. The Bertz CT molecular complexity index is 1280. The van der Waals surface area contributed by atoms with Crippen LogP contribution in [0.15, 0.2) is 72.8 Å². The van der Waals surface area contributed by atoms with Gasteiger partial charge in [0.2, 0.25) is 17.7 Å². The van der Waals surface area contributed by atoms with E-state index in [0.717, 1.165) is 32.7 Å². The Hall–Kier alpha value is -3.15. The second kappa shape index (κ2) is 7.17. The van der Waals surface area contributed by atoms with Crippen molar-refractivity contribution in [2.24, 2.45) is 11.8 Å². The molecule has 1 saturated heterocycles. The number of alkyl halides is 2. The summed E-state index contributed by atoms with van der Waals surface area (Å²) in [5.74, 6) is -3.22. The predicted octanol–water partition coefficient (Wildman–Crippen LogP) is 4.53. The lowest BCUT2D eigenvalue weighted by atomic mass is 9.54. The Morgan fingerprint density at radius 1 is 0.794 bits per heavy atom. The van der Waals surface area contributed by atoms with Crippen LogP contribution in [0.1, 0.15) is 27.8 Å². The molecule has 4 aliphatic rings. The van der Waals surface area contributed by atoms with Crippen molar-refractivity contribution in [1.82, 2.24) is 4.90 Å². The molecule has 3 amide bonds. The molecule has 2 atom stereocenters. The van der Waals surface area contributed by atoms with E-state index < -0.39 is 45.9 Å². The maximum Gasteiger partial charge on any atom is 0.244 e. The van der Waals surface area contributed by atoms with Crippen LogP contribution in [0, 0.1) is 18.8 Å². The Morgan fingerprint density at radius 2 is 1.21 bits per heavy atom. The van der Waals surface area contributed by atoms with Crippen LogP contribution in [-0.2, 0) is 24.1 Å². The van der Waals surface area contributed by atoms with Gasteiger partial charge in [0, 0.05) is 5.69 Å². The van der Waals surface area contributed by atoms with Gasteiger partial charge in [-0.2, -0.15) is 0 Å². The number of halogens is 2. The van der Waals surface area contributed by atoms with Crippen LogP contribution < -0.4 is 5.32 Å². The summed E-state index contributed by atoms with van der Waals surface area (Å²) >= 11 is 14.8. The summed E-state index contributed by atoms with van der Waals surface area (Å²) in [6, 6.07) is 22.2. The van der Waals surface area contributed by atoms with Crippen molar-refractivity contribution >= 4 is 46.6 Å². The Labute approximate surface area is 206 Å². The summed E-state index contributed by atoms with van der Waals surface area (Å²) < 4.78 is 0. The summed E-state index contributed by atoms with van der Waals surface area (Å²) in [7, 11) is 0. The molecular weight excluding hydrogens is 471 g/mol. The van der Waals surface area contributed by atoms with Crippen LogP contribution >= 0.6 is 23.2 Å². The molecule has 7 heteroatoms. The average Bonchev–Trinajstić information content (AvgIpc) is 3.10. The average molecular weight is 491 g/mol. The highest BCUT2D eigenvalue weighted by molar-refractivity contribution is 6.36. The fourth-order valence-electron chi connectivity index (χ4n) is 5.93. The van der Waals surface area contributed by atoms with Gasteiger partial charge in [-0.1, -0.05) is 66.7 Å². The minimum Gasteiger partial charge on any atom is -0.324 e. The zero-order valence-corrected chi connectivity index (χ0v) is 19.7. The van der Waals surface area contributed by atoms with E-state index >= 15 is 0 Å². The van der Waals surface area contributed by atoms with Crippen molar-refractivity contribution in [3.8, 4) is 0 Å². The molecule has 1 heterocycles.